The van der Waals surface area contributed by atoms with Gasteiger partial charge < -0.3 is 15.0 Å². The quantitative estimate of drug-likeness (QED) is 0.498. The van der Waals surface area contributed by atoms with Gasteiger partial charge in [0.05, 0.1) is 12.4 Å². The number of nitrogens with one attached hydrogen (secondary N) is 1. The summed E-state index contributed by atoms with van der Waals surface area (Å²) in [7, 11) is 0. The van der Waals surface area contributed by atoms with Crippen LogP contribution < -0.4 is 5.32 Å². The van der Waals surface area contributed by atoms with Crippen LogP contribution in [0.3, 0.4) is 0 Å². The Bertz CT molecular complexity index is 825. The Labute approximate surface area is 179 Å². The number of anilines is 2. The number of carbonyl (C=O) groups excluding carboxylic acids is 2. The fourth-order valence-corrected chi connectivity index (χ4v) is 4.84. The van der Waals surface area contributed by atoms with Gasteiger partial charge in [-0.1, -0.05) is 42.2 Å². The van der Waals surface area contributed by atoms with Crippen LogP contribution in [-0.4, -0.2) is 51.9 Å². The molecule has 1 atom stereocenters. The minimum Gasteiger partial charge on any atom is -0.464 e. The number of nitrogens with zero attached hydrogens (tertiary/aromatic N) is 3. The molecule has 1 N–H and O–H groups in total. The Hall–Kier alpha value is -2.13. The molecule has 156 valence electrons. The molecule has 1 aliphatic rings. The van der Waals surface area contributed by atoms with Crippen LogP contribution >= 0.6 is 23.1 Å². The number of amides is 1. The Morgan fingerprint density at radius 2 is 2.03 bits per heavy atom. The number of aromatic nitrogens is 2. The highest BCUT2D eigenvalue weighted by atomic mass is 32.2. The number of hydrogen-bond donors (Lipinski definition) is 1. The first-order chi connectivity index (χ1) is 14.1. The van der Waals surface area contributed by atoms with Gasteiger partial charge in [-0.05, 0) is 50.3 Å². The smallest absolute Gasteiger partial charge is 0.328 e. The van der Waals surface area contributed by atoms with E-state index in [1.807, 2.05) is 12.1 Å². The predicted octanol–water partition coefficient (Wildman–Crippen LogP) is 3.88. The lowest BCUT2D eigenvalue weighted by molar-refractivity contribution is -0.155. The fraction of sp³-hybridized carbons (Fsp3) is 0.500. The Morgan fingerprint density at radius 3 is 2.76 bits per heavy atom. The van der Waals surface area contributed by atoms with Gasteiger partial charge in [0, 0.05) is 12.2 Å². The molecule has 7 nitrogen and oxygen atoms in total. The molecule has 0 aliphatic carbocycles. The second kappa shape index (κ2) is 10.6. The summed E-state index contributed by atoms with van der Waals surface area (Å²) in [6.07, 6.45) is 3.52. The van der Waals surface area contributed by atoms with Crippen molar-refractivity contribution in [1.82, 2.24) is 15.1 Å². The third-order valence-corrected chi connectivity index (χ3v) is 6.68. The Kier molecular flexibility index (Phi) is 7.88. The van der Waals surface area contributed by atoms with Crippen molar-refractivity contribution >= 4 is 45.8 Å². The molecule has 29 heavy (non-hydrogen) atoms. The van der Waals surface area contributed by atoms with Crippen LogP contribution in [0, 0.1) is 0 Å². The van der Waals surface area contributed by atoms with Crippen molar-refractivity contribution in [1.29, 1.82) is 0 Å². The van der Waals surface area contributed by atoms with E-state index in [4.69, 9.17) is 4.74 Å². The average molecular weight is 435 g/mol. The van der Waals surface area contributed by atoms with Gasteiger partial charge in [0.1, 0.15) is 6.04 Å². The maximum atomic E-state index is 12.7. The first kappa shape index (κ1) is 21.6. The van der Waals surface area contributed by atoms with Gasteiger partial charge in [0.25, 0.3) is 0 Å². The average Bonchev–Trinajstić information content (AvgIpc) is 3.20. The lowest BCUT2D eigenvalue weighted by Crippen LogP contribution is -2.49. The van der Waals surface area contributed by atoms with Gasteiger partial charge in [0.2, 0.25) is 11.0 Å². The van der Waals surface area contributed by atoms with Crippen LogP contribution in [0.25, 0.3) is 0 Å². The molecule has 0 radical (unpaired) electrons. The second-order valence-corrected chi connectivity index (χ2v) is 8.89. The fourth-order valence-electron chi connectivity index (χ4n) is 3.19. The van der Waals surface area contributed by atoms with Crippen molar-refractivity contribution in [3.8, 4) is 0 Å². The van der Waals surface area contributed by atoms with Gasteiger partial charge >= 0.3 is 5.97 Å². The lowest BCUT2D eigenvalue weighted by Gasteiger charge is -2.33. The normalized spacial score (nSPS) is 16.5. The molecule has 9 heteroatoms. The molecule has 3 rings (SSSR count). The highest BCUT2D eigenvalue weighted by molar-refractivity contribution is 8.01. The van der Waals surface area contributed by atoms with E-state index in [1.54, 1.807) is 11.8 Å². The summed E-state index contributed by atoms with van der Waals surface area (Å²) < 4.78 is 5.85. The van der Waals surface area contributed by atoms with Crippen molar-refractivity contribution in [3.63, 3.8) is 0 Å². The largest absolute Gasteiger partial charge is 0.464 e. The summed E-state index contributed by atoms with van der Waals surface area (Å²) in [6.45, 7) is 4.83. The first-order valence-corrected chi connectivity index (χ1v) is 11.7. The number of carbonyl (C=O) groups is 2. The number of likely N-dealkylation sites (tertiary alicyclic amines) is 1. The maximum absolute atomic E-state index is 12.7. The van der Waals surface area contributed by atoms with Crippen molar-refractivity contribution < 1.29 is 14.3 Å². The molecule has 0 saturated carbocycles. The van der Waals surface area contributed by atoms with E-state index < -0.39 is 6.04 Å². The summed E-state index contributed by atoms with van der Waals surface area (Å²) in [6, 6.07) is 7.73. The van der Waals surface area contributed by atoms with E-state index in [9.17, 15) is 9.59 Å². The number of thioether (sulfide) groups is 1. The van der Waals surface area contributed by atoms with Gasteiger partial charge in [0.15, 0.2) is 4.34 Å². The van der Waals surface area contributed by atoms with Crippen LogP contribution in [0.5, 0.6) is 0 Å². The van der Waals surface area contributed by atoms with Gasteiger partial charge in [-0.25, -0.2) is 4.79 Å². The van der Waals surface area contributed by atoms with E-state index in [0.29, 0.717) is 24.7 Å². The van der Waals surface area contributed by atoms with Crippen molar-refractivity contribution in [2.45, 2.75) is 49.9 Å². The second-order valence-electron chi connectivity index (χ2n) is 6.69. The summed E-state index contributed by atoms with van der Waals surface area (Å²) in [5, 5.41) is 12.2. The standard InChI is InChI=1S/C20H26N4O3S2/c1-3-14-8-10-15(11-9-14)21-19-22-23-20(29-19)28-13-17(25)24-12-6-5-7-16(24)18(26)27-4-2/h8-11,16H,3-7,12-13H2,1-2H3,(H,21,22)/t16-/m0/s1. The summed E-state index contributed by atoms with van der Waals surface area (Å²) in [5.41, 5.74) is 2.23. The summed E-state index contributed by atoms with van der Waals surface area (Å²) in [5.74, 6) is -0.134. The number of rotatable bonds is 8. The molecule has 0 spiro atoms. The molecular formula is C20H26N4O3S2. The SMILES string of the molecule is CCOC(=O)[C@@H]1CCCCN1C(=O)CSc1nnc(Nc2ccc(CC)cc2)s1. The topological polar surface area (TPSA) is 84.4 Å². The zero-order valence-electron chi connectivity index (χ0n) is 16.7. The third kappa shape index (κ3) is 5.93. The maximum Gasteiger partial charge on any atom is 0.328 e. The van der Waals surface area contributed by atoms with Crippen LogP contribution in [-0.2, 0) is 20.7 Å². The molecule has 1 aromatic carbocycles. The molecule has 2 heterocycles. The number of ether oxygens (including phenoxy) is 1. The monoisotopic (exact) mass is 434 g/mol. The van der Waals surface area contributed by atoms with Crippen LogP contribution in [0.2, 0.25) is 0 Å². The third-order valence-electron chi connectivity index (χ3n) is 4.72. The van der Waals surface area contributed by atoms with E-state index in [1.165, 1.54) is 28.7 Å². The number of piperidine rings is 1. The van der Waals surface area contributed by atoms with E-state index in [0.717, 1.165) is 29.3 Å². The van der Waals surface area contributed by atoms with Crippen LogP contribution in [0.1, 0.15) is 38.7 Å². The number of hydrogen-bond acceptors (Lipinski definition) is 8. The molecule has 1 fully saturated rings. The zero-order chi connectivity index (χ0) is 20.6. The summed E-state index contributed by atoms with van der Waals surface area (Å²) >= 11 is 2.76. The highest BCUT2D eigenvalue weighted by Crippen LogP contribution is 2.29. The van der Waals surface area contributed by atoms with Crippen molar-refractivity contribution in [3.05, 3.63) is 29.8 Å². The Balaban J connectivity index is 1.54. The molecule has 1 saturated heterocycles. The van der Waals surface area contributed by atoms with Gasteiger partial charge in [-0.15, -0.1) is 10.2 Å². The number of esters is 1. The van der Waals surface area contributed by atoms with Gasteiger partial charge in [-0.3, -0.25) is 4.79 Å². The first-order valence-electron chi connectivity index (χ1n) is 9.89. The summed E-state index contributed by atoms with van der Waals surface area (Å²) in [4.78, 5) is 26.5. The van der Waals surface area contributed by atoms with E-state index in [2.05, 4.69) is 34.6 Å². The number of aryl methyl sites for hydroxylation is 1. The minimum absolute atomic E-state index is 0.0624. The van der Waals surface area contributed by atoms with Gasteiger partial charge in [-0.2, -0.15) is 0 Å². The predicted molar refractivity (Wildman–Crippen MR) is 116 cm³/mol. The Morgan fingerprint density at radius 1 is 1.24 bits per heavy atom. The van der Waals surface area contributed by atoms with Crippen LogP contribution in [0.4, 0.5) is 10.8 Å². The molecule has 0 bridgehead atoms. The van der Waals surface area contributed by atoms with Crippen molar-refractivity contribution in [2.24, 2.45) is 0 Å². The molecule has 1 aliphatic heterocycles. The zero-order valence-corrected chi connectivity index (χ0v) is 18.4. The van der Waals surface area contributed by atoms with E-state index >= 15 is 0 Å². The van der Waals surface area contributed by atoms with Crippen LogP contribution in [0.15, 0.2) is 28.6 Å². The molecule has 1 aromatic heterocycles. The molecule has 2 aromatic rings. The molecular weight excluding hydrogens is 408 g/mol. The molecule has 0 unspecified atom stereocenters. The highest BCUT2D eigenvalue weighted by Gasteiger charge is 2.33. The van der Waals surface area contributed by atoms with Crippen molar-refractivity contribution in [2.75, 3.05) is 24.2 Å². The minimum atomic E-state index is -0.463. The lowest BCUT2D eigenvalue weighted by atomic mass is 10.0. The van der Waals surface area contributed by atoms with E-state index in [-0.39, 0.29) is 17.6 Å². The number of benzene rings is 1. The molecule has 1 amide bonds.